The van der Waals surface area contributed by atoms with Crippen LogP contribution in [0.5, 0.6) is 0 Å². The van der Waals surface area contributed by atoms with Gasteiger partial charge in [0.15, 0.2) is 0 Å². The zero-order valence-corrected chi connectivity index (χ0v) is 22.3. The van der Waals surface area contributed by atoms with Crippen LogP contribution in [-0.4, -0.2) is 0 Å². The number of unbranched alkanes of at least 4 members (excludes halogenated alkanes) is 13. The molecule has 0 saturated carbocycles. The van der Waals surface area contributed by atoms with Crippen molar-refractivity contribution in [3.05, 3.63) is 5.92 Å². The molecule has 0 heteroatoms. The van der Waals surface area contributed by atoms with Crippen molar-refractivity contribution in [2.75, 3.05) is 0 Å². The van der Waals surface area contributed by atoms with Crippen LogP contribution in [0.25, 0.3) is 0 Å². The zero-order chi connectivity index (χ0) is 22.3. The summed E-state index contributed by atoms with van der Waals surface area (Å²) in [6.45, 7) is 11.8. The van der Waals surface area contributed by atoms with E-state index in [9.17, 15) is 0 Å². The molecule has 1 unspecified atom stereocenters. The maximum Gasteiger partial charge on any atom is -0.0179 e. The highest BCUT2D eigenvalue weighted by atomic mass is 14.4. The van der Waals surface area contributed by atoms with Gasteiger partial charge in [-0.1, -0.05) is 150 Å². The molecule has 0 aromatic rings. The molecule has 0 aromatic heterocycles. The maximum atomic E-state index is 2.40. The third-order valence-corrected chi connectivity index (χ3v) is 7.44. The number of hydrogen-bond donors (Lipinski definition) is 0. The molecular weight excluding hydrogens is 360 g/mol. The van der Waals surface area contributed by atoms with Gasteiger partial charge in [-0.25, -0.2) is 0 Å². The van der Waals surface area contributed by atoms with Gasteiger partial charge in [0, 0.05) is 0 Å². The number of rotatable bonds is 24. The summed E-state index contributed by atoms with van der Waals surface area (Å²) in [4.78, 5) is 0. The first-order chi connectivity index (χ1) is 14.7. The molecular formula is C30H61. The van der Waals surface area contributed by atoms with Crippen molar-refractivity contribution in [2.24, 2.45) is 5.41 Å². The smallest absolute Gasteiger partial charge is 0.0179 e. The zero-order valence-electron chi connectivity index (χ0n) is 22.3. The second kappa shape index (κ2) is 22.2. The summed E-state index contributed by atoms with van der Waals surface area (Å²) < 4.78 is 0. The van der Waals surface area contributed by atoms with Crippen molar-refractivity contribution in [1.29, 1.82) is 0 Å². The SMILES string of the molecule is CCCCCCC[C](CCCCCC)C(CCCC)(CCCCC)CCCCCC. The van der Waals surface area contributed by atoms with Crippen molar-refractivity contribution in [3.8, 4) is 0 Å². The van der Waals surface area contributed by atoms with Crippen molar-refractivity contribution in [2.45, 2.75) is 182 Å². The lowest BCUT2D eigenvalue weighted by Gasteiger charge is -2.42. The summed E-state index contributed by atoms with van der Waals surface area (Å²) in [6, 6.07) is 0. The Labute approximate surface area is 193 Å². The Kier molecular flexibility index (Phi) is 22.2. The van der Waals surface area contributed by atoms with E-state index in [0.29, 0.717) is 5.41 Å². The van der Waals surface area contributed by atoms with E-state index in [0.717, 1.165) is 0 Å². The Morgan fingerprint density at radius 3 is 1.20 bits per heavy atom. The fourth-order valence-corrected chi connectivity index (χ4v) is 5.39. The molecule has 0 saturated heterocycles. The molecule has 1 radical (unpaired) electrons. The maximum absolute atomic E-state index is 2.40. The first kappa shape index (κ1) is 30.0. The Morgan fingerprint density at radius 1 is 0.367 bits per heavy atom. The van der Waals surface area contributed by atoms with Gasteiger partial charge in [0.05, 0.1) is 0 Å². The average molecular weight is 422 g/mol. The van der Waals surface area contributed by atoms with Crippen molar-refractivity contribution >= 4 is 0 Å². The topological polar surface area (TPSA) is 0 Å². The molecule has 30 heavy (non-hydrogen) atoms. The monoisotopic (exact) mass is 421 g/mol. The molecule has 0 heterocycles. The minimum Gasteiger partial charge on any atom is -0.0654 e. The van der Waals surface area contributed by atoms with E-state index in [1.165, 1.54) is 148 Å². The van der Waals surface area contributed by atoms with Crippen LogP contribution >= 0.6 is 0 Å². The van der Waals surface area contributed by atoms with Gasteiger partial charge < -0.3 is 0 Å². The summed E-state index contributed by atoms with van der Waals surface area (Å²) in [5.41, 5.74) is 0.579. The molecule has 1 atom stereocenters. The van der Waals surface area contributed by atoms with Crippen LogP contribution in [0.2, 0.25) is 0 Å². The second-order valence-corrected chi connectivity index (χ2v) is 10.2. The summed E-state index contributed by atoms with van der Waals surface area (Å²) >= 11 is 0. The second-order valence-electron chi connectivity index (χ2n) is 10.2. The van der Waals surface area contributed by atoms with Gasteiger partial charge >= 0.3 is 0 Å². The number of hydrogen-bond acceptors (Lipinski definition) is 0. The lowest BCUT2D eigenvalue weighted by Crippen LogP contribution is -2.30. The van der Waals surface area contributed by atoms with Crippen molar-refractivity contribution in [3.63, 3.8) is 0 Å². The summed E-state index contributed by atoms with van der Waals surface area (Å²) in [7, 11) is 0. The van der Waals surface area contributed by atoms with Gasteiger partial charge in [0.25, 0.3) is 0 Å². The molecule has 0 amide bonds. The highest BCUT2D eigenvalue weighted by Gasteiger charge is 2.36. The van der Waals surface area contributed by atoms with Gasteiger partial charge in [0.2, 0.25) is 0 Å². The summed E-state index contributed by atoms with van der Waals surface area (Å²) in [5, 5.41) is 0. The third-order valence-electron chi connectivity index (χ3n) is 7.44. The Hall–Kier alpha value is 0. The molecule has 0 fully saturated rings. The van der Waals surface area contributed by atoms with E-state index in [1.807, 2.05) is 5.92 Å². The Morgan fingerprint density at radius 2 is 0.700 bits per heavy atom. The average Bonchev–Trinajstić information content (AvgIpc) is 2.76. The molecule has 0 aliphatic heterocycles. The Bertz CT molecular complexity index is 320. The molecule has 0 spiro atoms. The molecule has 0 nitrogen and oxygen atoms in total. The Balaban J connectivity index is 5.28. The molecule has 0 bridgehead atoms. The highest BCUT2D eigenvalue weighted by Crippen LogP contribution is 2.49. The molecule has 0 aliphatic carbocycles. The summed E-state index contributed by atoms with van der Waals surface area (Å²) in [6.07, 6.45) is 33.0. The van der Waals surface area contributed by atoms with Crippen LogP contribution in [0, 0.1) is 11.3 Å². The predicted molar refractivity (Wildman–Crippen MR) is 140 cm³/mol. The van der Waals surface area contributed by atoms with Gasteiger partial charge in [-0.05, 0) is 43.4 Å². The first-order valence-corrected chi connectivity index (χ1v) is 14.6. The quantitative estimate of drug-likeness (QED) is 0.136. The van der Waals surface area contributed by atoms with E-state index in [1.54, 1.807) is 0 Å². The summed E-state index contributed by atoms with van der Waals surface area (Å²) in [5.74, 6) is 2.02. The molecule has 0 aromatic carbocycles. The highest BCUT2D eigenvalue weighted by molar-refractivity contribution is 5.07. The standard InChI is InChI=1S/C30H61/c1-6-11-16-19-21-25-29(24-20-17-12-7-2)30(26-15-10-5,27-22-14-9-4)28-23-18-13-8-3/h6-28H2,1-5H3. The first-order valence-electron chi connectivity index (χ1n) is 14.6. The molecule has 0 aliphatic rings. The van der Waals surface area contributed by atoms with E-state index in [2.05, 4.69) is 34.6 Å². The van der Waals surface area contributed by atoms with E-state index < -0.39 is 0 Å². The predicted octanol–water partition coefficient (Wildman–Crippen LogP) is 11.6. The van der Waals surface area contributed by atoms with Crippen LogP contribution < -0.4 is 0 Å². The lowest BCUT2D eigenvalue weighted by molar-refractivity contribution is 0.191. The van der Waals surface area contributed by atoms with Crippen LogP contribution in [-0.2, 0) is 0 Å². The van der Waals surface area contributed by atoms with Crippen LogP contribution in [0.4, 0.5) is 0 Å². The molecule has 0 rings (SSSR count). The van der Waals surface area contributed by atoms with Crippen LogP contribution in [0.15, 0.2) is 0 Å². The van der Waals surface area contributed by atoms with E-state index in [-0.39, 0.29) is 0 Å². The molecule has 181 valence electrons. The minimum atomic E-state index is 0.579. The largest absolute Gasteiger partial charge is 0.0654 e. The van der Waals surface area contributed by atoms with Crippen LogP contribution in [0.3, 0.4) is 0 Å². The van der Waals surface area contributed by atoms with Gasteiger partial charge in [-0.3, -0.25) is 0 Å². The van der Waals surface area contributed by atoms with Crippen molar-refractivity contribution < 1.29 is 0 Å². The third kappa shape index (κ3) is 14.9. The fourth-order valence-electron chi connectivity index (χ4n) is 5.39. The lowest BCUT2D eigenvalue weighted by atomic mass is 9.62. The van der Waals surface area contributed by atoms with Crippen molar-refractivity contribution in [1.82, 2.24) is 0 Å². The molecule has 0 N–H and O–H groups in total. The normalized spacial score (nSPS) is 13.8. The van der Waals surface area contributed by atoms with E-state index in [4.69, 9.17) is 0 Å². The minimum absolute atomic E-state index is 0.579. The van der Waals surface area contributed by atoms with Crippen LogP contribution in [0.1, 0.15) is 182 Å². The fraction of sp³-hybridized carbons (Fsp3) is 0.967. The van der Waals surface area contributed by atoms with Gasteiger partial charge in [-0.15, -0.1) is 0 Å². The van der Waals surface area contributed by atoms with E-state index >= 15 is 0 Å². The van der Waals surface area contributed by atoms with Gasteiger partial charge in [-0.2, -0.15) is 0 Å². The van der Waals surface area contributed by atoms with Gasteiger partial charge in [0.1, 0.15) is 0 Å².